The lowest BCUT2D eigenvalue weighted by Crippen LogP contribution is -2.53. The molecule has 1 N–H and O–H groups in total. The van der Waals surface area contributed by atoms with Crippen LogP contribution in [0.5, 0.6) is 0 Å². The Morgan fingerprint density at radius 3 is 1.87 bits per heavy atom. The fourth-order valence-corrected chi connectivity index (χ4v) is 4.69. The number of nitrogens with zero attached hydrogens (tertiary/aromatic N) is 3. The van der Waals surface area contributed by atoms with Gasteiger partial charge in [-0.15, -0.1) is 0 Å². The molecule has 0 spiro atoms. The Morgan fingerprint density at radius 2 is 1.39 bits per heavy atom. The minimum atomic E-state index is -5.91. The van der Waals surface area contributed by atoms with Crippen LogP contribution in [0.2, 0.25) is 0 Å². The Balaban J connectivity index is 1.39. The van der Waals surface area contributed by atoms with Gasteiger partial charge in [0.05, 0.1) is 0 Å². The minimum Gasteiger partial charge on any atom is -0.369 e. The minimum absolute atomic E-state index is 0.445. The van der Waals surface area contributed by atoms with E-state index in [1.165, 1.54) is 5.56 Å². The molecule has 4 nitrogen and oxygen atoms in total. The summed E-state index contributed by atoms with van der Waals surface area (Å²) in [5.41, 5.74) is -2.83. The first-order chi connectivity index (χ1) is 17.9. The van der Waals surface area contributed by atoms with E-state index in [4.69, 9.17) is 0 Å². The van der Waals surface area contributed by atoms with Gasteiger partial charge in [0.25, 0.3) is 5.60 Å². The second kappa shape index (κ2) is 11.0. The molecule has 1 fully saturated rings. The van der Waals surface area contributed by atoms with Crippen molar-refractivity contribution in [2.75, 3.05) is 19.6 Å². The van der Waals surface area contributed by atoms with Crippen LogP contribution in [0.25, 0.3) is 11.1 Å². The molecule has 0 aliphatic carbocycles. The van der Waals surface area contributed by atoms with Crippen molar-refractivity contribution in [3.05, 3.63) is 89.7 Å². The first-order valence-corrected chi connectivity index (χ1v) is 12.3. The van der Waals surface area contributed by atoms with Crippen molar-refractivity contribution in [2.45, 2.75) is 50.4 Å². The maximum atomic E-state index is 13.1. The molecule has 1 aliphatic heterocycles. The Kier molecular flexibility index (Phi) is 8.15. The number of alkyl halides is 6. The van der Waals surface area contributed by atoms with Crippen LogP contribution in [-0.2, 0) is 18.7 Å². The molecule has 1 aliphatic rings. The van der Waals surface area contributed by atoms with Crippen molar-refractivity contribution in [3.8, 4) is 11.1 Å². The third-order valence-electron chi connectivity index (χ3n) is 7.13. The van der Waals surface area contributed by atoms with Crippen molar-refractivity contribution < 1.29 is 31.4 Å². The summed E-state index contributed by atoms with van der Waals surface area (Å²) in [6.45, 7) is 6.56. The average Bonchev–Trinajstić information content (AvgIpc) is 2.88. The zero-order chi connectivity index (χ0) is 27.6. The number of aromatic nitrogens is 1. The highest BCUT2D eigenvalue weighted by molar-refractivity contribution is 5.64. The Hall–Kier alpha value is -2.95. The number of rotatable bonds is 9. The molecule has 38 heavy (non-hydrogen) atoms. The maximum absolute atomic E-state index is 13.1. The summed E-state index contributed by atoms with van der Waals surface area (Å²) in [5, 5.41) is 9.58. The molecule has 0 bridgehead atoms. The van der Waals surface area contributed by atoms with E-state index in [0.29, 0.717) is 29.3 Å². The molecule has 3 aromatic rings. The first kappa shape index (κ1) is 28.1. The van der Waals surface area contributed by atoms with E-state index in [-0.39, 0.29) is 0 Å². The molecule has 0 radical (unpaired) electrons. The number of likely N-dealkylation sites (N-methyl/N-ethyl adjacent to an activating group) is 1. The summed E-state index contributed by atoms with van der Waals surface area (Å²) in [6, 6.07) is 15.5. The SMILES string of the molecule is CCN(Cc1ccc(-c2ccc(C(O)(C(F)(F)F)C(F)(F)F)cc2)cc1)CC1CCN1Cc1ccncc1. The molecule has 204 valence electrons. The first-order valence-electron chi connectivity index (χ1n) is 12.3. The van der Waals surface area contributed by atoms with Gasteiger partial charge >= 0.3 is 12.4 Å². The lowest BCUT2D eigenvalue weighted by atomic mass is 9.90. The summed E-state index contributed by atoms with van der Waals surface area (Å²) in [4.78, 5) is 8.86. The highest BCUT2D eigenvalue weighted by atomic mass is 19.4. The predicted molar refractivity (Wildman–Crippen MR) is 132 cm³/mol. The van der Waals surface area contributed by atoms with Crippen LogP contribution < -0.4 is 0 Å². The van der Waals surface area contributed by atoms with Crippen molar-refractivity contribution in [3.63, 3.8) is 0 Å². The van der Waals surface area contributed by atoms with Gasteiger partial charge in [-0.2, -0.15) is 26.3 Å². The highest BCUT2D eigenvalue weighted by Gasteiger charge is 2.71. The monoisotopic (exact) mass is 537 g/mol. The molecule has 2 heterocycles. The third-order valence-corrected chi connectivity index (χ3v) is 7.13. The molecule has 1 aromatic heterocycles. The number of halogens is 6. The zero-order valence-corrected chi connectivity index (χ0v) is 20.8. The van der Waals surface area contributed by atoms with Crippen LogP contribution >= 0.6 is 0 Å². The second-order valence-corrected chi connectivity index (χ2v) is 9.58. The van der Waals surface area contributed by atoms with Gasteiger partial charge < -0.3 is 5.11 Å². The standard InChI is InChI=1S/C28H29F6N3O/c1-2-36(19-25-13-16-37(25)18-21-11-14-35-15-12-21)17-20-3-5-22(6-4-20)23-7-9-24(10-8-23)26(38,27(29,30)31)28(32,33)34/h3-12,14-15,25,38H,2,13,16-19H2,1H3. The number of likely N-dealkylation sites (tertiary alicyclic amines) is 1. The molecule has 0 amide bonds. The fourth-order valence-electron chi connectivity index (χ4n) is 4.69. The van der Waals surface area contributed by atoms with Crippen molar-refractivity contribution in [1.29, 1.82) is 0 Å². The molecule has 1 atom stereocenters. The maximum Gasteiger partial charge on any atom is 0.430 e. The number of hydrogen-bond donors (Lipinski definition) is 1. The van der Waals surface area contributed by atoms with Crippen molar-refractivity contribution in [2.24, 2.45) is 0 Å². The highest BCUT2D eigenvalue weighted by Crippen LogP contribution is 2.50. The number of pyridine rings is 1. The molecule has 1 unspecified atom stereocenters. The number of benzene rings is 2. The lowest BCUT2D eigenvalue weighted by Gasteiger charge is -2.43. The van der Waals surface area contributed by atoms with Crippen LogP contribution in [0, 0.1) is 0 Å². The summed E-state index contributed by atoms with van der Waals surface area (Å²) in [5.74, 6) is 0. The Morgan fingerprint density at radius 1 is 0.842 bits per heavy atom. The largest absolute Gasteiger partial charge is 0.430 e. The van der Waals surface area contributed by atoms with Gasteiger partial charge in [-0.25, -0.2) is 0 Å². The van der Waals surface area contributed by atoms with Gasteiger partial charge in [0.2, 0.25) is 0 Å². The van der Waals surface area contributed by atoms with E-state index < -0.39 is 23.5 Å². The molecule has 2 aromatic carbocycles. The van der Waals surface area contributed by atoms with Gasteiger partial charge in [0.15, 0.2) is 0 Å². The van der Waals surface area contributed by atoms with Crippen molar-refractivity contribution >= 4 is 0 Å². The average molecular weight is 538 g/mol. The Labute approximate surface area is 217 Å². The molecule has 10 heteroatoms. The number of hydrogen-bond acceptors (Lipinski definition) is 4. The quantitative estimate of drug-likeness (QED) is 0.332. The van der Waals surface area contributed by atoms with E-state index in [2.05, 4.69) is 21.7 Å². The van der Waals surface area contributed by atoms with Crippen LogP contribution in [0.15, 0.2) is 73.1 Å². The smallest absolute Gasteiger partial charge is 0.369 e. The van der Waals surface area contributed by atoms with E-state index in [1.54, 1.807) is 24.5 Å². The number of aliphatic hydroxyl groups is 1. The van der Waals surface area contributed by atoms with Gasteiger partial charge in [-0.3, -0.25) is 14.8 Å². The zero-order valence-electron chi connectivity index (χ0n) is 20.8. The van der Waals surface area contributed by atoms with E-state index in [1.807, 2.05) is 24.3 Å². The van der Waals surface area contributed by atoms with Gasteiger partial charge in [-0.05, 0) is 47.4 Å². The summed E-state index contributed by atoms with van der Waals surface area (Å²) >= 11 is 0. The molecule has 1 saturated heterocycles. The molecule has 0 saturated carbocycles. The van der Waals surface area contributed by atoms with Crippen LogP contribution in [0.4, 0.5) is 26.3 Å². The van der Waals surface area contributed by atoms with Gasteiger partial charge in [0, 0.05) is 50.2 Å². The van der Waals surface area contributed by atoms with E-state index in [9.17, 15) is 31.4 Å². The van der Waals surface area contributed by atoms with Gasteiger partial charge in [-0.1, -0.05) is 55.5 Å². The summed E-state index contributed by atoms with van der Waals surface area (Å²) < 4.78 is 78.8. The normalized spacial score (nSPS) is 17.0. The van der Waals surface area contributed by atoms with Crippen LogP contribution in [0.1, 0.15) is 30.0 Å². The second-order valence-electron chi connectivity index (χ2n) is 9.58. The van der Waals surface area contributed by atoms with E-state index in [0.717, 1.165) is 56.8 Å². The fraction of sp³-hybridized carbons (Fsp3) is 0.393. The van der Waals surface area contributed by atoms with Crippen LogP contribution in [-0.4, -0.2) is 57.9 Å². The lowest BCUT2D eigenvalue weighted by molar-refractivity contribution is -0.376. The van der Waals surface area contributed by atoms with Crippen molar-refractivity contribution in [1.82, 2.24) is 14.8 Å². The van der Waals surface area contributed by atoms with Gasteiger partial charge in [0.1, 0.15) is 0 Å². The van der Waals surface area contributed by atoms with E-state index >= 15 is 0 Å². The summed E-state index contributed by atoms with van der Waals surface area (Å²) in [6.07, 6.45) is -7.09. The third kappa shape index (κ3) is 5.87. The topological polar surface area (TPSA) is 39.6 Å². The summed E-state index contributed by atoms with van der Waals surface area (Å²) in [7, 11) is 0. The molecular formula is C28H29F6N3O. The van der Waals surface area contributed by atoms with Crippen LogP contribution in [0.3, 0.4) is 0 Å². The predicted octanol–water partition coefficient (Wildman–Crippen LogP) is 6.16. The molecule has 4 rings (SSSR count). The molecular weight excluding hydrogens is 508 g/mol. The Bertz CT molecular complexity index is 1170.